The second kappa shape index (κ2) is 18.0. The van der Waals surface area contributed by atoms with Crippen LogP contribution in [0.3, 0.4) is 0 Å². The summed E-state index contributed by atoms with van der Waals surface area (Å²) in [4.78, 5) is 87.9. The minimum Gasteiger partial charge on any atom is -0.490 e. The number of carbonyl (C=O) groups excluding carboxylic acids is 5. The molecule has 6 heterocycles. The fourth-order valence-corrected chi connectivity index (χ4v) is 10.4. The zero-order valence-electron chi connectivity index (χ0n) is 36.4. The van der Waals surface area contributed by atoms with Crippen molar-refractivity contribution in [3.63, 3.8) is 0 Å². The summed E-state index contributed by atoms with van der Waals surface area (Å²) in [5.41, 5.74) is 8.28. The molecular weight excluding hydrogens is 813 g/mol. The average Bonchev–Trinajstić information content (AvgIpc) is 3.55. The molecule has 4 aliphatic heterocycles. The maximum atomic E-state index is 14.2. The Kier molecular flexibility index (Phi) is 12.0. The highest BCUT2D eigenvalue weighted by Gasteiger charge is 2.49. The summed E-state index contributed by atoms with van der Waals surface area (Å²) in [6.45, 7) is 5.99. The van der Waals surface area contributed by atoms with Crippen LogP contribution in [0.25, 0.3) is 10.9 Å². The average molecular weight is 867 g/mol. The maximum absolute atomic E-state index is 14.2. The van der Waals surface area contributed by atoms with Crippen LogP contribution in [0, 0.1) is 17.2 Å². The molecule has 332 valence electrons. The number of likely N-dealkylation sites (tertiary alicyclic amines) is 1. The smallest absolute Gasteiger partial charge is 0.262 e. The number of nitriles is 1. The molecule has 0 spiro atoms. The third-order valence-electron chi connectivity index (χ3n) is 13.8. The van der Waals surface area contributed by atoms with Crippen molar-refractivity contribution in [1.82, 2.24) is 29.6 Å². The molecule has 2 atom stereocenters. The molecule has 0 radical (unpaired) electrons. The summed E-state index contributed by atoms with van der Waals surface area (Å²) in [7, 11) is 4.17. The predicted octanol–water partition coefficient (Wildman–Crippen LogP) is 4.07. The lowest BCUT2D eigenvalue weighted by Gasteiger charge is -2.45. The molecule has 3 saturated heterocycles. The van der Waals surface area contributed by atoms with Gasteiger partial charge in [0.05, 0.1) is 33.9 Å². The normalized spacial score (nSPS) is 23.5. The van der Waals surface area contributed by atoms with Gasteiger partial charge in [0.25, 0.3) is 17.7 Å². The molecule has 2 N–H and O–H groups in total. The zero-order valence-corrected chi connectivity index (χ0v) is 36.4. The fourth-order valence-electron chi connectivity index (χ4n) is 10.4. The van der Waals surface area contributed by atoms with Crippen LogP contribution in [0.4, 0.5) is 11.5 Å². The number of imide groups is 2. The Bertz CT molecular complexity index is 2510. The highest BCUT2D eigenvalue weighted by atomic mass is 16.5. The van der Waals surface area contributed by atoms with Gasteiger partial charge in [-0.05, 0) is 120 Å². The van der Waals surface area contributed by atoms with E-state index in [0.29, 0.717) is 59.6 Å². The van der Waals surface area contributed by atoms with Gasteiger partial charge in [-0.25, -0.2) is 4.98 Å². The van der Waals surface area contributed by atoms with Gasteiger partial charge in [0.1, 0.15) is 23.7 Å². The number of anilines is 2. The van der Waals surface area contributed by atoms with Gasteiger partial charge < -0.3 is 25.2 Å². The molecule has 0 unspecified atom stereocenters. The monoisotopic (exact) mass is 866 g/mol. The quantitative estimate of drug-likeness (QED) is 0.213. The molecule has 5 amide bonds. The van der Waals surface area contributed by atoms with Crippen LogP contribution in [-0.4, -0.2) is 143 Å². The molecule has 64 heavy (non-hydrogen) atoms. The van der Waals surface area contributed by atoms with E-state index >= 15 is 0 Å². The number of piperidine rings is 2. The lowest BCUT2D eigenvalue weighted by Crippen LogP contribution is -2.59. The van der Waals surface area contributed by atoms with E-state index < -0.39 is 29.7 Å². The summed E-state index contributed by atoms with van der Waals surface area (Å²) < 4.78 is 6.40. The van der Waals surface area contributed by atoms with Crippen LogP contribution in [-0.2, 0) is 9.59 Å². The molecule has 2 aromatic carbocycles. The van der Waals surface area contributed by atoms with Crippen LogP contribution < -0.4 is 20.3 Å². The number of fused-ring (bicyclic) bond motifs is 2. The number of primary amides is 1. The molecule has 4 aromatic rings. The first-order chi connectivity index (χ1) is 31.0. The van der Waals surface area contributed by atoms with Crippen molar-refractivity contribution >= 4 is 51.9 Å². The number of hydrogen-bond acceptors (Lipinski definition) is 13. The van der Waals surface area contributed by atoms with Gasteiger partial charge in [0, 0.05) is 87.8 Å². The number of ether oxygens (including phenoxy) is 1. The summed E-state index contributed by atoms with van der Waals surface area (Å²) in [5, 5.41) is 10.3. The van der Waals surface area contributed by atoms with Crippen LogP contribution in [0.5, 0.6) is 5.75 Å². The van der Waals surface area contributed by atoms with Gasteiger partial charge in [-0.3, -0.25) is 43.7 Å². The second-order valence-corrected chi connectivity index (χ2v) is 18.1. The Balaban J connectivity index is 0.820. The number of aromatic nitrogens is 2. The van der Waals surface area contributed by atoms with Gasteiger partial charge in [-0.15, -0.1) is 0 Å². The van der Waals surface area contributed by atoms with Gasteiger partial charge in [0.15, 0.2) is 0 Å². The largest absolute Gasteiger partial charge is 0.490 e. The maximum Gasteiger partial charge on any atom is 0.262 e. The lowest BCUT2D eigenvalue weighted by atomic mass is 9.89. The highest BCUT2D eigenvalue weighted by molar-refractivity contribution is 6.23. The Morgan fingerprint density at radius 2 is 1.64 bits per heavy atom. The molecule has 4 fully saturated rings. The predicted molar refractivity (Wildman–Crippen MR) is 239 cm³/mol. The first-order valence-corrected chi connectivity index (χ1v) is 22.4. The summed E-state index contributed by atoms with van der Waals surface area (Å²) in [6, 6.07) is 17.2. The number of hydrogen-bond donors (Lipinski definition) is 1. The molecule has 16 heteroatoms. The number of carbonyl (C=O) groups is 5. The minimum absolute atomic E-state index is 0.0653. The molecule has 5 aliphatic rings. The van der Waals surface area contributed by atoms with Crippen LogP contribution >= 0.6 is 0 Å². The summed E-state index contributed by atoms with van der Waals surface area (Å²) >= 11 is 0. The van der Waals surface area contributed by atoms with Crippen molar-refractivity contribution in [2.24, 2.45) is 11.7 Å². The molecule has 9 rings (SSSR count). The van der Waals surface area contributed by atoms with Crippen molar-refractivity contribution in [2.75, 3.05) is 69.7 Å². The lowest BCUT2D eigenvalue weighted by molar-refractivity contribution is -0.155. The third-order valence-corrected chi connectivity index (χ3v) is 13.8. The minimum atomic E-state index is -1.06. The van der Waals surface area contributed by atoms with E-state index in [1.165, 1.54) is 4.90 Å². The number of benzene rings is 2. The first kappa shape index (κ1) is 42.8. The van der Waals surface area contributed by atoms with Crippen molar-refractivity contribution < 1.29 is 28.7 Å². The van der Waals surface area contributed by atoms with Crippen molar-refractivity contribution in [1.29, 1.82) is 5.26 Å². The van der Waals surface area contributed by atoms with E-state index in [2.05, 4.69) is 49.7 Å². The SMILES string of the molecule is CN(C)C[C@@H]1CN(c2ccc3c(c2)C(=O)N([C@@H]2CCC(=O)N(C4CCC(Oc5ccc(C#N)c6ncccc56)CC4)C2=O)C3=O)CCN1CC1CCN(c2ccc(C(N)=O)cn2)CC1. The third kappa shape index (κ3) is 8.37. The number of likely N-dealkylation sites (N-methyl/N-ethyl adjacent to an activating group) is 1. The fraction of sp³-hybridized carbons (Fsp3) is 0.458. The number of amides is 5. The Morgan fingerprint density at radius 3 is 2.36 bits per heavy atom. The van der Waals surface area contributed by atoms with E-state index in [-0.39, 0.29) is 42.5 Å². The molecular formula is C48H54N10O6. The van der Waals surface area contributed by atoms with Gasteiger partial charge in [-0.2, -0.15) is 5.26 Å². The molecule has 0 bridgehead atoms. The molecule has 1 saturated carbocycles. The van der Waals surface area contributed by atoms with Crippen LogP contribution in [0.15, 0.2) is 67.0 Å². The number of rotatable bonds is 11. The Morgan fingerprint density at radius 1 is 0.859 bits per heavy atom. The number of pyridine rings is 2. The molecule has 16 nitrogen and oxygen atoms in total. The van der Waals surface area contributed by atoms with E-state index in [1.807, 2.05) is 24.3 Å². The molecule has 1 aliphatic carbocycles. The van der Waals surface area contributed by atoms with Crippen molar-refractivity contribution in [3.8, 4) is 11.8 Å². The van der Waals surface area contributed by atoms with Crippen LogP contribution in [0.1, 0.15) is 88.0 Å². The Labute approximate surface area is 372 Å². The van der Waals surface area contributed by atoms with Gasteiger partial charge >= 0.3 is 0 Å². The summed E-state index contributed by atoms with van der Waals surface area (Å²) in [6.07, 6.45) is 7.52. The topological polar surface area (TPSA) is 190 Å². The standard InChI is InChI=1S/C48H54N10O6/c1-53(2)28-35-29-56(23-22-55(35)27-30-17-20-54(21-18-30)42-15-6-32(26-52-42)45(50)60)34-9-12-37-39(24-34)47(62)58(46(37)61)40-13-16-43(59)57(48(40)63)33-7-10-36(11-8-33)64-41-14-5-31(25-49)44-38(41)4-3-19-51-44/h3-6,9,12,14-15,19,24,26,30,33,35-36,40H,7-8,10-11,13,16-18,20-23,27-29H2,1-2H3,(H2,50,60)/t33?,35-,36?,40-/m1/s1. The van der Waals surface area contributed by atoms with Gasteiger partial charge in [0.2, 0.25) is 11.8 Å². The number of nitrogens with two attached hydrogens (primary N) is 1. The zero-order chi connectivity index (χ0) is 44.6. The first-order valence-electron chi connectivity index (χ1n) is 22.4. The highest BCUT2D eigenvalue weighted by Crippen LogP contribution is 2.37. The van der Waals surface area contributed by atoms with E-state index in [9.17, 15) is 29.2 Å². The Hall–Kier alpha value is -6.44. The van der Waals surface area contributed by atoms with Crippen molar-refractivity contribution in [3.05, 3.63) is 89.2 Å². The molecule has 2 aromatic heterocycles. The second-order valence-electron chi connectivity index (χ2n) is 18.1. The van der Waals surface area contributed by atoms with E-state index in [0.717, 1.165) is 80.4 Å². The number of nitrogens with zero attached hydrogens (tertiary/aromatic N) is 9. The van der Waals surface area contributed by atoms with Gasteiger partial charge in [-0.1, -0.05) is 0 Å². The summed E-state index contributed by atoms with van der Waals surface area (Å²) in [5.74, 6) is -0.232. The number of piperazine rings is 1. The van der Waals surface area contributed by atoms with Crippen molar-refractivity contribution in [2.45, 2.75) is 75.6 Å². The van der Waals surface area contributed by atoms with E-state index in [1.54, 1.807) is 42.7 Å². The van der Waals surface area contributed by atoms with E-state index in [4.69, 9.17) is 10.5 Å². The van der Waals surface area contributed by atoms with Crippen LogP contribution in [0.2, 0.25) is 0 Å².